The molecular weight excluding hydrogens is 274 g/mol. The molecule has 0 bridgehead atoms. The van der Waals surface area contributed by atoms with Crippen LogP contribution in [0.4, 0.5) is 5.69 Å². The number of anilines is 1. The van der Waals surface area contributed by atoms with Gasteiger partial charge in [-0.3, -0.25) is 0 Å². The van der Waals surface area contributed by atoms with Gasteiger partial charge in [-0.05, 0) is 24.3 Å². The molecule has 4 rings (SSSR count). The first-order valence-corrected chi connectivity index (χ1v) is 6.83. The van der Waals surface area contributed by atoms with Crippen LogP contribution in [0.5, 0.6) is 5.75 Å². The molecule has 2 aromatic carbocycles. The highest BCUT2D eigenvalue weighted by molar-refractivity contribution is 6.34. The van der Waals surface area contributed by atoms with Crippen LogP contribution in [0, 0.1) is 0 Å². The molecule has 20 heavy (non-hydrogen) atoms. The molecule has 5 heteroatoms. The van der Waals surface area contributed by atoms with Gasteiger partial charge >= 0.3 is 0 Å². The number of ether oxygens (including phenoxy) is 1. The Kier molecular flexibility index (Phi) is 2.57. The highest BCUT2D eigenvalue weighted by Gasteiger charge is 2.23. The second-order valence-corrected chi connectivity index (χ2v) is 5.15. The highest BCUT2D eigenvalue weighted by atomic mass is 35.5. The number of aromatic amines is 1. The first-order valence-electron chi connectivity index (χ1n) is 6.45. The number of hydrogen-bond acceptors (Lipinski definition) is 3. The number of imidazole rings is 1. The quantitative estimate of drug-likeness (QED) is 0.716. The third kappa shape index (κ3) is 1.80. The summed E-state index contributed by atoms with van der Waals surface area (Å²) in [6.07, 6.45) is -0.145. The number of nitrogens with zero attached hydrogens (tertiary/aromatic N) is 1. The molecule has 0 amide bonds. The first-order chi connectivity index (χ1) is 9.81. The van der Waals surface area contributed by atoms with E-state index < -0.39 is 0 Å². The van der Waals surface area contributed by atoms with E-state index in [1.165, 1.54) is 0 Å². The summed E-state index contributed by atoms with van der Waals surface area (Å²) in [6, 6.07) is 13.6. The minimum Gasteiger partial charge on any atom is -0.478 e. The molecule has 0 saturated carbocycles. The smallest absolute Gasteiger partial charge is 0.173 e. The van der Waals surface area contributed by atoms with Gasteiger partial charge in [-0.2, -0.15) is 0 Å². The summed E-state index contributed by atoms with van der Waals surface area (Å²) in [6.45, 7) is 0.675. The van der Waals surface area contributed by atoms with Crippen molar-refractivity contribution >= 4 is 28.3 Å². The lowest BCUT2D eigenvalue weighted by Crippen LogP contribution is -2.24. The number of rotatable bonds is 1. The Labute approximate surface area is 120 Å². The van der Waals surface area contributed by atoms with Gasteiger partial charge in [-0.25, -0.2) is 4.98 Å². The number of hydrogen-bond donors (Lipinski definition) is 2. The fourth-order valence-corrected chi connectivity index (χ4v) is 2.65. The number of para-hydroxylation sites is 3. The zero-order valence-corrected chi connectivity index (χ0v) is 11.3. The van der Waals surface area contributed by atoms with Crippen molar-refractivity contribution in [1.82, 2.24) is 9.97 Å². The highest BCUT2D eigenvalue weighted by Crippen LogP contribution is 2.33. The van der Waals surface area contributed by atoms with Crippen molar-refractivity contribution in [2.24, 2.45) is 0 Å². The summed E-state index contributed by atoms with van der Waals surface area (Å²) in [4.78, 5) is 7.83. The van der Waals surface area contributed by atoms with E-state index in [0.717, 1.165) is 28.3 Å². The van der Waals surface area contributed by atoms with Crippen LogP contribution in [-0.4, -0.2) is 16.5 Å². The molecule has 1 aliphatic heterocycles. The molecule has 0 saturated heterocycles. The molecular formula is C15H12ClN3O. The van der Waals surface area contributed by atoms with Gasteiger partial charge in [0.15, 0.2) is 6.10 Å². The van der Waals surface area contributed by atoms with Crippen molar-refractivity contribution in [3.05, 3.63) is 53.3 Å². The zero-order valence-electron chi connectivity index (χ0n) is 10.6. The lowest BCUT2D eigenvalue weighted by molar-refractivity contribution is 0.202. The Morgan fingerprint density at radius 3 is 2.95 bits per heavy atom. The van der Waals surface area contributed by atoms with E-state index in [-0.39, 0.29) is 6.10 Å². The monoisotopic (exact) mass is 285 g/mol. The molecule has 1 aliphatic rings. The lowest BCUT2D eigenvalue weighted by Gasteiger charge is -2.25. The Morgan fingerprint density at radius 2 is 2.05 bits per heavy atom. The molecule has 1 aromatic heterocycles. The molecule has 0 radical (unpaired) electrons. The van der Waals surface area contributed by atoms with E-state index >= 15 is 0 Å². The second-order valence-electron chi connectivity index (χ2n) is 4.74. The van der Waals surface area contributed by atoms with E-state index in [0.29, 0.717) is 11.6 Å². The third-order valence-corrected chi connectivity index (χ3v) is 3.73. The summed E-state index contributed by atoms with van der Waals surface area (Å²) in [5, 5.41) is 4.00. The average molecular weight is 286 g/mol. The van der Waals surface area contributed by atoms with Gasteiger partial charge in [0.05, 0.1) is 22.8 Å². The lowest BCUT2D eigenvalue weighted by atomic mass is 10.2. The van der Waals surface area contributed by atoms with Crippen LogP contribution in [0.2, 0.25) is 5.02 Å². The molecule has 100 valence electrons. The number of benzene rings is 2. The van der Waals surface area contributed by atoms with Crippen LogP contribution >= 0.6 is 11.6 Å². The van der Waals surface area contributed by atoms with Gasteiger partial charge in [0.1, 0.15) is 17.1 Å². The van der Waals surface area contributed by atoms with Crippen molar-refractivity contribution in [2.45, 2.75) is 6.10 Å². The summed E-state index contributed by atoms with van der Waals surface area (Å²) < 4.78 is 5.99. The zero-order chi connectivity index (χ0) is 13.5. The number of nitrogens with one attached hydrogen (secondary N) is 2. The summed E-state index contributed by atoms with van der Waals surface area (Å²) in [5.74, 6) is 1.63. The fourth-order valence-electron chi connectivity index (χ4n) is 2.43. The van der Waals surface area contributed by atoms with E-state index in [2.05, 4.69) is 15.3 Å². The van der Waals surface area contributed by atoms with E-state index in [1.54, 1.807) is 0 Å². The van der Waals surface area contributed by atoms with Crippen molar-refractivity contribution in [1.29, 1.82) is 0 Å². The van der Waals surface area contributed by atoms with Crippen LogP contribution < -0.4 is 10.1 Å². The molecule has 4 nitrogen and oxygen atoms in total. The molecule has 2 heterocycles. The van der Waals surface area contributed by atoms with Gasteiger partial charge in [0, 0.05) is 0 Å². The second kappa shape index (κ2) is 4.42. The number of fused-ring (bicyclic) bond motifs is 2. The van der Waals surface area contributed by atoms with Gasteiger partial charge in [0.2, 0.25) is 0 Å². The van der Waals surface area contributed by atoms with Gasteiger partial charge in [0.25, 0.3) is 0 Å². The van der Waals surface area contributed by atoms with Crippen LogP contribution in [0.25, 0.3) is 11.0 Å². The Balaban J connectivity index is 1.72. The summed E-state index contributed by atoms with van der Waals surface area (Å²) >= 11 is 6.15. The molecule has 2 N–H and O–H groups in total. The maximum atomic E-state index is 6.15. The Morgan fingerprint density at radius 1 is 1.15 bits per heavy atom. The number of aromatic nitrogens is 2. The van der Waals surface area contributed by atoms with Crippen LogP contribution in [0.15, 0.2) is 42.5 Å². The van der Waals surface area contributed by atoms with Gasteiger partial charge in [-0.1, -0.05) is 29.8 Å². The Hall–Kier alpha value is -2.20. The normalized spacial score (nSPS) is 17.4. The molecule has 1 atom stereocenters. The largest absolute Gasteiger partial charge is 0.478 e. The van der Waals surface area contributed by atoms with Crippen LogP contribution in [-0.2, 0) is 0 Å². The molecule has 0 aliphatic carbocycles. The Bertz CT molecular complexity index is 784. The van der Waals surface area contributed by atoms with Crippen molar-refractivity contribution in [3.8, 4) is 5.75 Å². The maximum Gasteiger partial charge on any atom is 0.173 e. The van der Waals surface area contributed by atoms with Crippen molar-refractivity contribution in [3.63, 3.8) is 0 Å². The van der Waals surface area contributed by atoms with E-state index in [9.17, 15) is 0 Å². The van der Waals surface area contributed by atoms with Crippen molar-refractivity contribution in [2.75, 3.05) is 11.9 Å². The fraction of sp³-hybridized carbons (Fsp3) is 0.133. The summed E-state index contributed by atoms with van der Waals surface area (Å²) in [5.41, 5.74) is 2.72. The van der Waals surface area contributed by atoms with Gasteiger partial charge in [-0.15, -0.1) is 0 Å². The number of H-pyrrole nitrogens is 1. The number of halogens is 1. The van der Waals surface area contributed by atoms with Gasteiger partial charge < -0.3 is 15.0 Å². The molecule has 1 unspecified atom stereocenters. The predicted molar refractivity (Wildman–Crippen MR) is 79.4 cm³/mol. The van der Waals surface area contributed by atoms with Crippen molar-refractivity contribution < 1.29 is 4.74 Å². The minimum absolute atomic E-state index is 0.145. The van der Waals surface area contributed by atoms with Crippen LogP contribution in [0.1, 0.15) is 11.9 Å². The minimum atomic E-state index is -0.145. The maximum absolute atomic E-state index is 6.15. The average Bonchev–Trinajstić information content (AvgIpc) is 2.92. The SMILES string of the molecule is Clc1cccc2[nH]c(C3CNc4ccccc4O3)nc12. The third-order valence-electron chi connectivity index (χ3n) is 3.42. The predicted octanol–water partition coefficient (Wildman–Crippen LogP) is 3.76. The first kappa shape index (κ1) is 11.6. The summed E-state index contributed by atoms with van der Waals surface area (Å²) in [7, 11) is 0. The molecule has 3 aromatic rings. The standard InChI is InChI=1S/C15H12ClN3O/c16-9-4-3-6-11-14(9)19-15(18-11)13-8-17-10-5-1-2-7-12(10)20-13/h1-7,13,17H,8H2,(H,18,19). The molecule has 0 spiro atoms. The van der Waals surface area contributed by atoms with E-state index in [4.69, 9.17) is 16.3 Å². The topological polar surface area (TPSA) is 49.9 Å². The molecule has 0 fully saturated rings. The van der Waals surface area contributed by atoms with Crippen LogP contribution in [0.3, 0.4) is 0 Å². The van der Waals surface area contributed by atoms with E-state index in [1.807, 2.05) is 42.5 Å².